The minimum Gasteiger partial charge on any atom is -0.465 e. The van der Waals surface area contributed by atoms with E-state index in [4.69, 9.17) is 10.5 Å². The molecule has 122 valence electrons. The lowest BCUT2D eigenvalue weighted by Crippen LogP contribution is -2.23. The van der Waals surface area contributed by atoms with Gasteiger partial charge in [0.2, 0.25) is 5.95 Å². The van der Waals surface area contributed by atoms with Crippen molar-refractivity contribution >= 4 is 11.9 Å². The zero-order valence-corrected chi connectivity index (χ0v) is 13.4. The van der Waals surface area contributed by atoms with Crippen LogP contribution in [0.2, 0.25) is 0 Å². The summed E-state index contributed by atoms with van der Waals surface area (Å²) in [6, 6.07) is 7.70. The largest absolute Gasteiger partial charge is 0.465 e. The van der Waals surface area contributed by atoms with Crippen LogP contribution in [0.1, 0.15) is 40.6 Å². The number of anilines is 1. The number of carbonyl (C=O) groups is 1. The first kappa shape index (κ1) is 15.5. The molecule has 2 heterocycles. The van der Waals surface area contributed by atoms with Gasteiger partial charge in [0, 0.05) is 13.6 Å². The molecule has 2 aromatic rings. The van der Waals surface area contributed by atoms with Gasteiger partial charge in [-0.15, -0.1) is 0 Å². The van der Waals surface area contributed by atoms with E-state index in [-0.39, 0.29) is 12.0 Å². The van der Waals surface area contributed by atoms with E-state index in [0.717, 1.165) is 37.3 Å². The molecule has 0 amide bonds. The van der Waals surface area contributed by atoms with Crippen molar-refractivity contribution < 1.29 is 9.53 Å². The van der Waals surface area contributed by atoms with Gasteiger partial charge in [-0.25, -0.2) is 9.48 Å². The van der Waals surface area contributed by atoms with Crippen LogP contribution in [0.5, 0.6) is 0 Å². The molecule has 1 fully saturated rings. The Hall–Kier alpha value is -2.41. The van der Waals surface area contributed by atoms with Crippen molar-refractivity contribution in [3.63, 3.8) is 0 Å². The quantitative estimate of drug-likeness (QED) is 0.861. The van der Waals surface area contributed by atoms with Crippen LogP contribution < -0.4 is 5.73 Å². The molecule has 0 bridgehead atoms. The number of methoxy groups -OCH3 is 1. The highest BCUT2D eigenvalue weighted by molar-refractivity contribution is 5.89. The minimum absolute atomic E-state index is 0.193. The molecule has 0 saturated carbocycles. The molecule has 1 aliphatic heterocycles. The Labute approximate surface area is 135 Å². The minimum atomic E-state index is -0.316. The van der Waals surface area contributed by atoms with Gasteiger partial charge in [-0.05, 0) is 37.1 Å². The molecule has 0 spiro atoms. The second-order valence-electron chi connectivity index (χ2n) is 5.77. The van der Waals surface area contributed by atoms with E-state index in [2.05, 4.69) is 15.0 Å². The smallest absolute Gasteiger partial charge is 0.337 e. The molecule has 1 saturated heterocycles. The molecule has 1 aliphatic rings. The molecule has 7 nitrogen and oxygen atoms in total. The first-order valence-corrected chi connectivity index (χ1v) is 7.66. The van der Waals surface area contributed by atoms with Crippen molar-refractivity contribution in [3.8, 4) is 0 Å². The maximum absolute atomic E-state index is 11.5. The van der Waals surface area contributed by atoms with Gasteiger partial charge in [0.25, 0.3) is 0 Å². The fourth-order valence-electron chi connectivity index (χ4n) is 2.96. The summed E-state index contributed by atoms with van der Waals surface area (Å²) in [6.07, 6.45) is 2.15. The Morgan fingerprint density at radius 3 is 2.74 bits per heavy atom. The zero-order valence-electron chi connectivity index (χ0n) is 13.4. The second kappa shape index (κ2) is 6.37. The summed E-state index contributed by atoms with van der Waals surface area (Å²) < 4.78 is 6.33. The third-order valence-corrected chi connectivity index (χ3v) is 4.24. The van der Waals surface area contributed by atoms with Crippen LogP contribution in [-0.4, -0.2) is 39.3 Å². The third-order valence-electron chi connectivity index (χ3n) is 4.24. The molecule has 7 heteroatoms. The number of rotatable bonds is 4. The Kier molecular flexibility index (Phi) is 4.29. The van der Waals surface area contributed by atoms with Crippen molar-refractivity contribution in [3.05, 3.63) is 41.2 Å². The molecule has 0 unspecified atom stereocenters. The zero-order chi connectivity index (χ0) is 16.4. The fraction of sp³-hybridized carbons (Fsp3) is 0.438. The van der Waals surface area contributed by atoms with Gasteiger partial charge in [0.1, 0.15) is 0 Å². The van der Waals surface area contributed by atoms with E-state index in [0.29, 0.717) is 11.5 Å². The van der Waals surface area contributed by atoms with E-state index in [1.165, 1.54) is 7.11 Å². The van der Waals surface area contributed by atoms with E-state index >= 15 is 0 Å². The number of likely N-dealkylation sites (tertiary alicyclic amines) is 1. The van der Waals surface area contributed by atoms with E-state index < -0.39 is 0 Å². The molecule has 2 N–H and O–H groups in total. The number of nitrogens with two attached hydrogens (primary N) is 1. The average Bonchev–Trinajstić information content (AvgIpc) is 3.14. The Balaban J connectivity index is 1.72. The van der Waals surface area contributed by atoms with Gasteiger partial charge >= 0.3 is 5.97 Å². The lowest BCUT2D eigenvalue weighted by molar-refractivity contribution is 0.0600. The highest BCUT2D eigenvalue weighted by atomic mass is 16.5. The lowest BCUT2D eigenvalue weighted by Gasteiger charge is -2.22. The normalized spacial score (nSPS) is 18.3. The van der Waals surface area contributed by atoms with Crippen LogP contribution in [-0.2, 0) is 18.3 Å². The molecule has 3 rings (SSSR count). The number of aryl methyl sites for hydroxylation is 1. The van der Waals surface area contributed by atoms with E-state index in [9.17, 15) is 4.79 Å². The third kappa shape index (κ3) is 3.19. The Morgan fingerprint density at radius 2 is 2.13 bits per heavy atom. The van der Waals surface area contributed by atoms with Gasteiger partial charge in [0.05, 0.1) is 18.7 Å². The number of hydrogen-bond acceptors (Lipinski definition) is 6. The molecule has 0 aliphatic carbocycles. The Morgan fingerprint density at radius 1 is 1.39 bits per heavy atom. The number of hydrogen-bond donors (Lipinski definition) is 1. The number of esters is 1. The number of ether oxygens (including phenoxy) is 1. The summed E-state index contributed by atoms with van der Waals surface area (Å²) in [4.78, 5) is 18.2. The van der Waals surface area contributed by atoms with Crippen LogP contribution in [0.25, 0.3) is 0 Å². The van der Waals surface area contributed by atoms with Crippen LogP contribution in [0, 0.1) is 0 Å². The van der Waals surface area contributed by atoms with Crippen molar-refractivity contribution in [1.82, 2.24) is 19.7 Å². The number of benzene rings is 1. The number of carbonyl (C=O) groups excluding carboxylic acids is 1. The van der Waals surface area contributed by atoms with Crippen molar-refractivity contribution in [2.45, 2.75) is 25.4 Å². The molecule has 23 heavy (non-hydrogen) atoms. The number of nitrogens with zero attached hydrogens (tertiary/aromatic N) is 4. The molecule has 1 atom stereocenters. The average molecular weight is 315 g/mol. The predicted octanol–water partition coefficient (Wildman–Crippen LogP) is 1.52. The fourth-order valence-corrected chi connectivity index (χ4v) is 2.96. The maximum Gasteiger partial charge on any atom is 0.337 e. The van der Waals surface area contributed by atoms with Gasteiger partial charge in [-0.3, -0.25) is 4.90 Å². The summed E-state index contributed by atoms with van der Waals surface area (Å²) in [6.45, 7) is 1.80. The highest BCUT2D eigenvalue weighted by Gasteiger charge is 2.29. The SMILES string of the molecule is COC(=O)c1ccc(CN2CCC[C@H]2c2nc(N)n(C)n2)cc1. The molecule has 0 radical (unpaired) electrons. The summed E-state index contributed by atoms with van der Waals surface area (Å²) in [5.41, 5.74) is 7.50. The molecular formula is C16H21N5O2. The monoisotopic (exact) mass is 315 g/mol. The summed E-state index contributed by atoms with van der Waals surface area (Å²) in [7, 11) is 3.19. The first-order chi connectivity index (χ1) is 11.1. The van der Waals surface area contributed by atoms with E-state index in [1.54, 1.807) is 23.9 Å². The van der Waals surface area contributed by atoms with Crippen LogP contribution in [0.4, 0.5) is 5.95 Å². The van der Waals surface area contributed by atoms with Crippen LogP contribution in [0.15, 0.2) is 24.3 Å². The highest BCUT2D eigenvalue weighted by Crippen LogP contribution is 2.31. The van der Waals surface area contributed by atoms with Crippen molar-refractivity contribution in [2.75, 3.05) is 19.4 Å². The first-order valence-electron chi connectivity index (χ1n) is 7.66. The van der Waals surface area contributed by atoms with Crippen molar-refractivity contribution in [2.24, 2.45) is 7.05 Å². The Bertz CT molecular complexity index is 675. The molecule has 1 aromatic heterocycles. The van der Waals surface area contributed by atoms with Gasteiger partial charge in [-0.2, -0.15) is 10.1 Å². The second-order valence-corrected chi connectivity index (χ2v) is 5.77. The summed E-state index contributed by atoms with van der Waals surface area (Å²) in [5, 5.41) is 4.41. The number of aromatic nitrogens is 3. The van der Waals surface area contributed by atoms with Gasteiger partial charge in [-0.1, -0.05) is 12.1 Å². The summed E-state index contributed by atoms with van der Waals surface area (Å²) >= 11 is 0. The molecular weight excluding hydrogens is 294 g/mol. The lowest BCUT2D eigenvalue weighted by atomic mass is 10.1. The van der Waals surface area contributed by atoms with Gasteiger partial charge < -0.3 is 10.5 Å². The molecule has 1 aromatic carbocycles. The predicted molar refractivity (Wildman–Crippen MR) is 85.6 cm³/mol. The van der Waals surface area contributed by atoms with Crippen LogP contribution in [0.3, 0.4) is 0 Å². The van der Waals surface area contributed by atoms with Gasteiger partial charge in [0.15, 0.2) is 5.82 Å². The maximum atomic E-state index is 11.5. The topological polar surface area (TPSA) is 86.3 Å². The number of nitrogen functional groups attached to an aromatic ring is 1. The standard InChI is InChI=1S/C16H21N5O2/c1-20-16(17)18-14(19-20)13-4-3-9-21(13)10-11-5-7-12(8-6-11)15(22)23-2/h5-8,13H,3-4,9-10H2,1-2H3,(H2,17,18,19)/t13-/m0/s1. The summed E-state index contributed by atoms with van der Waals surface area (Å²) in [5.74, 6) is 0.909. The van der Waals surface area contributed by atoms with E-state index in [1.807, 2.05) is 12.1 Å². The van der Waals surface area contributed by atoms with Crippen molar-refractivity contribution in [1.29, 1.82) is 0 Å². The van der Waals surface area contributed by atoms with Crippen LogP contribution >= 0.6 is 0 Å².